The van der Waals surface area contributed by atoms with Crippen molar-refractivity contribution < 1.29 is 23.8 Å². The molecule has 0 radical (unpaired) electrons. The van der Waals surface area contributed by atoms with E-state index in [1.54, 1.807) is 24.3 Å². The van der Waals surface area contributed by atoms with Crippen molar-refractivity contribution in [1.29, 1.82) is 0 Å². The quantitative estimate of drug-likeness (QED) is 0.320. The molecule has 1 aliphatic heterocycles. The third kappa shape index (κ3) is 5.81. The van der Waals surface area contributed by atoms with Crippen LogP contribution in [0.2, 0.25) is 0 Å². The minimum atomic E-state index is -1.54. The van der Waals surface area contributed by atoms with E-state index in [2.05, 4.69) is 0 Å². The fraction of sp³-hybridized carbons (Fsp3) is 0.259. The van der Waals surface area contributed by atoms with E-state index in [-0.39, 0.29) is 6.42 Å². The van der Waals surface area contributed by atoms with E-state index in [4.69, 9.17) is 25.8 Å². The van der Waals surface area contributed by atoms with Crippen LogP contribution < -0.4 is 4.74 Å². The van der Waals surface area contributed by atoms with Crippen LogP contribution in [-0.4, -0.2) is 23.6 Å². The first-order valence-electron chi connectivity index (χ1n) is 11.0. The molecule has 0 amide bonds. The van der Waals surface area contributed by atoms with Gasteiger partial charge in [-0.1, -0.05) is 72.8 Å². The summed E-state index contributed by atoms with van der Waals surface area (Å²) in [6, 6.07) is 26.1. The highest BCUT2D eigenvalue weighted by Gasteiger charge is 2.47. The number of ether oxygens (including phenoxy) is 3. The van der Waals surface area contributed by atoms with Crippen LogP contribution in [0.5, 0.6) is 5.75 Å². The zero-order chi connectivity index (χ0) is 23.1. The summed E-state index contributed by atoms with van der Waals surface area (Å²) in [5, 5.41) is -0.438. The van der Waals surface area contributed by atoms with Gasteiger partial charge < -0.3 is 14.2 Å². The Morgan fingerprint density at radius 3 is 2.00 bits per heavy atom. The van der Waals surface area contributed by atoms with Gasteiger partial charge in [0.2, 0.25) is 5.24 Å². The lowest BCUT2D eigenvalue weighted by Crippen LogP contribution is -2.50. The predicted molar refractivity (Wildman–Crippen MR) is 125 cm³/mol. The molecule has 1 saturated heterocycles. The normalized spacial score (nSPS) is 18.0. The number of benzene rings is 3. The molecule has 1 atom stereocenters. The SMILES string of the molecule is O=C(Cl)Cc1ccc(OC2(C(=O)OC(c3ccccc3)c3ccccc3)CCCCO2)cc1. The number of carbonyl (C=O) groups is 2. The molecule has 1 fully saturated rings. The van der Waals surface area contributed by atoms with Gasteiger partial charge >= 0.3 is 11.8 Å². The van der Waals surface area contributed by atoms with Crippen molar-refractivity contribution in [3.63, 3.8) is 0 Å². The first kappa shape index (κ1) is 23.0. The Bertz CT molecular complexity index is 1020. The summed E-state index contributed by atoms with van der Waals surface area (Å²) < 4.78 is 18.1. The molecule has 0 aromatic heterocycles. The number of carbonyl (C=O) groups excluding carboxylic acids is 2. The van der Waals surface area contributed by atoms with Crippen molar-refractivity contribution in [2.45, 2.75) is 37.6 Å². The van der Waals surface area contributed by atoms with Crippen LogP contribution in [0, 0.1) is 0 Å². The standard InChI is InChI=1S/C27H25ClO5/c28-24(29)19-20-13-15-23(16-14-20)33-27(17-7-8-18-31-27)26(30)32-25(21-9-3-1-4-10-21)22-11-5-2-6-12-22/h1-6,9-16,25H,7-8,17-19H2. The van der Waals surface area contributed by atoms with Crippen LogP contribution in [-0.2, 0) is 25.5 Å². The number of hydrogen-bond donors (Lipinski definition) is 0. The smallest absolute Gasteiger partial charge is 0.380 e. The van der Waals surface area contributed by atoms with Gasteiger partial charge in [-0.25, -0.2) is 4.79 Å². The van der Waals surface area contributed by atoms with Crippen LogP contribution in [0.3, 0.4) is 0 Å². The third-order valence-corrected chi connectivity index (χ3v) is 5.66. The zero-order valence-corrected chi connectivity index (χ0v) is 18.9. The molecule has 0 aliphatic carbocycles. The van der Waals surface area contributed by atoms with Gasteiger partial charge in [0.05, 0.1) is 6.61 Å². The minimum absolute atomic E-state index is 0.126. The molecule has 0 N–H and O–H groups in total. The van der Waals surface area contributed by atoms with Crippen molar-refractivity contribution in [1.82, 2.24) is 0 Å². The number of halogens is 1. The van der Waals surface area contributed by atoms with Gasteiger partial charge in [-0.15, -0.1) is 0 Å². The Kier molecular flexibility index (Phi) is 7.43. The number of hydrogen-bond acceptors (Lipinski definition) is 5. The lowest BCUT2D eigenvalue weighted by Gasteiger charge is -2.36. The molecular formula is C27H25ClO5. The molecular weight excluding hydrogens is 440 g/mol. The topological polar surface area (TPSA) is 61.8 Å². The summed E-state index contributed by atoms with van der Waals surface area (Å²) in [6.45, 7) is 0.398. The molecule has 170 valence electrons. The van der Waals surface area contributed by atoms with E-state index in [0.717, 1.165) is 29.5 Å². The highest BCUT2D eigenvalue weighted by atomic mass is 35.5. The maximum Gasteiger partial charge on any atom is 0.380 e. The molecule has 0 spiro atoms. The van der Waals surface area contributed by atoms with E-state index in [9.17, 15) is 9.59 Å². The molecule has 3 aromatic rings. The average Bonchev–Trinajstić information content (AvgIpc) is 2.85. The Balaban J connectivity index is 1.59. The molecule has 3 aromatic carbocycles. The van der Waals surface area contributed by atoms with E-state index in [1.165, 1.54) is 0 Å². The van der Waals surface area contributed by atoms with Gasteiger partial charge in [-0.2, -0.15) is 0 Å². The minimum Gasteiger partial charge on any atom is -0.452 e. The van der Waals surface area contributed by atoms with Crippen molar-refractivity contribution in [3.05, 3.63) is 102 Å². The van der Waals surface area contributed by atoms with Crippen molar-refractivity contribution >= 4 is 22.8 Å². The van der Waals surface area contributed by atoms with Crippen LogP contribution in [0.15, 0.2) is 84.9 Å². The van der Waals surface area contributed by atoms with Gasteiger partial charge in [0.15, 0.2) is 6.10 Å². The maximum atomic E-state index is 13.6. The monoisotopic (exact) mass is 464 g/mol. The summed E-state index contributed by atoms with van der Waals surface area (Å²) in [6.07, 6.45) is 1.53. The van der Waals surface area contributed by atoms with Crippen molar-refractivity contribution in [2.75, 3.05) is 6.61 Å². The lowest BCUT2D eigenvalue weighted by atomic mass is 10.0. The second-order valence-corrected chi connectivity index (χ2v) is 8.36. The summed E-state index contributed by atoms with van der Waals surface area (Å²) in [5.74, 6) is -1.65. The summed E-state index contributed by atoms with van der Waals surface area (Å²) >= 11 is 5.47. The highest BCUT2D eigenvalue weighted by molar-refractivity contribution is 6.63. The zero-order valence-electron chi connectivity index (χ0n) is 18.1. The maximum absolute atomic E-state index is 13.6. The van der Waals surface area contributed by atoms with Gasteiger partial charge in [-0.3, -0.25) is 4.79 Å². The Morgan fingerprint density at radius 2 is 1.48 bits per heavy atom. The molecule has 1 aliphatic rings. The third-order valence-electron chi connectivity index (χ3n) is 5.53. The second kappa shape index (κ2) is 10.6. The molecule has 0 bridgehead atoms. The van der Waals surface area contributed by atoms with Crippen LogP contribution in [0.1, 0.15) is 42.1 Å². The second-order valence-electron chi connectivity index (χ2n) is 7.94. The fourth-order valence-electron chi connectivity index (χ4n) is 3.86. The Morgan fingerprint density at radius 1 is 0.879 bits per heavy atom. The number of esters is 1. The van der Waals surface area contributed by atoms with Gasteiger partial charge in [0.25, 0.3) is 0 Å². The summed E-state index contributed by atoms with van der Waals surface area (Å²) in [5.41, 5.74) is 2.48. The summed E-state index contributed by atoms with van der Waals surface area (Å²) in [7, 11) is 0. The molecule has 1 unspecified atom stereocenters. The molecule has 5 nitrogen and oxygen atoms in total. The summed E-state index contributed by atoms with van der Waals surface area (Å²) in [4.78, 5) is 24.7. The van der Waals surface area contributed by atoms with Crippen LogP contribution in [0.25, 0.3) is 0 Å². The molecule has 6 heteroatoms. The van der Waals surface area contributed by atoms with E-state index in [0.29, 0.717) is 18.8 Å². The molecule has 4 rings (SSSR count). The number of rotatable bonds is 8. The van der Waals surface area contributed by atoms with Crippen LogP contribution in [0.4, 0.5) is 0 Å². The fourth-order valence-corrected chi connectivity index (χ4v) is 4.01. The highest BCUT2D eigenvalue weighted by Crippen LogP contribution is 2.34. The van der Waals surface area contributed by atoms with Crippen LogP contribution >= 0.6 is 11.6 Å². The molecule has 1 heterocycles. The van der Waals surface area contributed by atoms with E-state index >= 15 is 0 Å². The Hall–Kier alpha value is -3.15. The van der Waals surface area contributed by atoms with Crippen molar-refractivity contribution in [3.8, 4) is 5.75 Å². The van der Waals surface area contributed by atoms with Gasteiger partial charge in [0, 0.05) is 12.8 Å². The first-order valence-corrected chi connectivity index (χ1v) is 11.3. The lowest BCUT2D eigenvalue weighted by molar-refractivity contribution is -0.232. The molecule has 33 heavy (non-hydrogen) atoms. The average molecular weight is 465 g/mol. The first-order chi connectivity index (χ1) is 16.1. The molecule has 0 saturated carbocycles. The largest absolute Gasteiger partial charge is 0.452 e. The van der Waals surface area contributed by atoms with E-state index < -0.39 is 23.1 Å². The van der Waals surface area contributed by atoms with Crippen molar-refractivity contribution in [2.24, 2.45) is 0 Å². The van der Waals surface area contributed by atoms with E-state index in [1.807, 2.05) is 60.7 Å². The van der Waals surface area contributed by atoms with Gasteiger partial charge in [-0.05, 0) is 53.3 Å². The predicted octanol–water partition coefficient (Wildman–Crippen LogP) is 5.60. The Labute approximate surface area is 198 Å². The van der Waals surface area contributed by atoms with Gasteiger partial charge in [0.1, 0.15) is 5.75 Å².